The van der Waals surface area contributed by atoms with Crippen LogP contribution >= 0.6 is 0 Å². The first-order valence-corrected chi connectivity index (χ1v) is 16.0. The molecule has 6 aromatic rings. The number of benzene rings is 2. The Morgan fingerprint density at radius 3 is 2.22 bits per heavy atom. The first-order valence-electron chi connectivity index (χ1n) is 16.0. The highest BCUT2D eigenvalue weighted by molar-refractivity contribution is 6.05. The van der Waals surface area contributed by atoms with Gasteiger partial charge >= 0.3 is 0 Å². The van der Waals surface area contributed by atoms with Gasteiger partial charge in [-0.3, -0.25) is 9.97 Å². The van der Waals surface area contributed by atoms with Gasteiger partial charge in [-0.15, -0.1) is 0 Å². The molecule has 0 atom stereocenters. The van der Waals surface area contributed by atoms with E-state index in [-0.39, 0.29) is 0 Å². The largest absolute Gasteiger partial charge is 0.255 e. The predicted molar refractivity (Wildman–Crippen MR) is 186 cm³/mol. The van der Waals surface area contributed by atoms with Gasteiger partial charge in [0.05, 0.1) is 33.8 Å². The molecule has 222 valence electrons. The first-order chi connectivity index (χ1) is 21.9. The molecule has 5 heteroatoms. The molecular formula is C40H37N5. The molecule has 0 bridgehead atoms. The van der Waals surface area contributed by atoms with Crippen LogP contribution in [0.15, 0.2) is 103 Å². The summed E-state index contributed by atoms with van der Waals surface area (Å²) in [7, 11) is 0. The highest BCUT2D eigenvalue weighted by Gasteiger charge is 2.19. The van der Waals surface area contributed by atoms with Crippen LogP contribution in [0.3, 0.4) is 0 Å². The number of hydrogen-bond donors (Lipinski definition) is 0. The number of fused-ring (bicyclic) bond motifs is 3. The van der Waals surface area contributed by atoms with Gasteiger partial charge < -0.3 is 0 Å². The van der Waals surface area contributed by atoms with Crippen molar-refractivity contribution in [3.8, 4) is 22.6 Å². The fraction of sp³-hybridized carbons (Fsp3) is 0.225. The molecule has 4 aromatic heterocycles. The van der Waals surface area contributed by atoms with Crippen LogP contribution in [0.5, 0.6) is 0 Å². The van der Waals surface area contributed by atoms with E-state index in [4.69, 9.17) is 19.9 Å². The minimum atomic E-state index is 0.335. The van der Waals surface area contributed by atoms with Crippen molar-refractivity contribution in [2.75, 3.05) is 0 Å². The van der Waals surface area contributed by atoms with Gasteiger partial charge in [-0.05, 0) is 84.2 Å². The third-order valence-electron chi connectivity index (χ3n) is 8.56. The van der Waals surface area contributed by atoms with E-state index in [1.807, 2.05) is 48.7 Å². The molecule has 0 amide bonds. The zero-order valence-corrected chi connectivity index (χ0v) is 26.3. The molecule has 2 aromatic carbocycles. The summed E-state index contributed by atoms with van der Waals surface area (Å²) >= 11 is 0. The lowest BCUT2D eigenvalue weighted by atomic mass is 9.94. The molecule has 45 heavy (non-hydrogen) atoms. The second kappa shape index (κ2) is 12.2. The average molecular weight is 588 g/mol. The minimum Gasteiger partial charge on any atom is -0.255 e. The van der Waals surface area contributed by atoms with Crippen molar-refractivity contribution in [2.24, 2.45) is 0 Å². The molecule has 0 saturated heterocycles. The van der Waals surface area contributed by atoms with Gasteiger partial charge in [0.25, 0.3) is 0 Å². The van der Waals surface area contributed by atoms with Gasteiger partial charge in [-0.1, -0.05) is 88.4 Å². The lowest BCUT2D eigenvalue weighted by Gasteiger charge is -2.15. The smallest absolute Gasteiger partial charge is 0.156 e. The van der Waals surface area contributed by atoms with Crippen LogP contribution in [0, 0.1) is 0 Å². The molecule has 0 N–H and O–H groups in total. The van der Waals surface area contributed by atoms with Gasteiger partial charge in [0.2, 0.25) is 0 Å². The maximum atomic E-state index is 5.34. The van der Waals surface area contributed by atoms with Gasteiger partial charge in [0.15, 0.2) is 5.82 Å². The molecule has 0 spiro atoms. The number of aromatic nitrogens is 5. The minimum absolute atomic E-state index is 0.335. The van der Waals surface area contributed by atoms with E-state index in [2.05, 4.69) is 87.3 Å². The summed E-state index contributed by atoms with van der Waals surface area (Å²) in [6, 6.07) is 29.3. The van der Waals surface area contributed by atoms with E-state index in [0.29, 0.717) is 11.8 Å². The molecule has 4 heterocycles. The van der Waals surface area contributed by atoms with Crippen molar-refractivity contribution in [3.63, 3.8) is 0 Å². The summed E-state index contributed by atoms with van der Waals surface area (Å²) in [6.07, 6.45) is 9.25. The van der Waals surface area contributed by atoms with E-state index in [1.165, 1.54) is 10.9 Å². The SMILES string of the molecule is CC(C)c1ccc2ccc3c(C(C)C)cc(C4=CCCCC(c5nc(-c6ccccc6)cc(-c6ccccn6)n5)=C4)nc3c2n1. The van der Waals surface area contributed by atoms with Gasteiger partial charge in [0.1, 0.15) is 0 Å². The topological polar surface area (TPSA) is 64.5 Å². The van der Waals surface area contributed by atoms with Crippen LogP contribution in [-0.2, 0) is 0 Å². The molecule has 0 aliphatic heterocycles. The molecule has 5 nitrogen and oxygen atoms in total. The van der Waals surface area contributed by atoms with Crippen molar-refractivity contribution in [1.82, 2.24) is 24.9 Å². The van der Waals surface area contributed by atoms with E-state index in [1.54, 1.807) is 0 Å². The summed E-state index contributed by atoms with van der Waals surface area (Å²) in [6.45, 7) is 8.89. The van der Waals surface area contributed by atoms with E-state index in [9.17, 15) is 0 Å². The standard InChI is InChI=1S/C40H37N5/c1-25(2)32-23-35(43-39-31(32)19-17-28-18-20-33(26(3)4)42-38(28)39)29-14-8-9-15-30(22-29)40-44-36(27-12-6-5-7-13-27)24-37(45-40)34-16-10-11-21-41-34/h5-7,10-14,16-26H,8-9,15H2,1-4H3. The second-order valence-electron chi connectivity index (χ2n) is 12.4. The van der Waals surface area contributed by atoms with Crippen molar-refractivity contribution < 1.29 is 0 Å². The zero-order valence-electron chi connectivity index (χ0n) is 26.3. The Labute approximate surface area is 264 Å². The number of hydrogen-bond acceptors (Lipinski definition) is 5. The zero-order chi connectivity index (χ0) is 30.9. The Balaban J connectivity index is 1.40. The predicted octanol–water partition coefficient (Wildman–Crippen LogP) is 10.2. The highest BCUT2D eigenvalue weighted by Crippen LogP contribution is 2.36. The first kappa shape index (κ1) is 28.7. The van der Waals surface area contributed by atoms with Crippen molar-refractivity contribution in [2.45, 2.75) is 58.8 Å². The number of rotatable bonds is 6. The summed E-state index contributed by atoms with van der Waals surface area (Å²) in [5.74, 6) is 1.42. The Hall–Kier alpha value is -5.03. The summed E-state index contributed by atoms with van der Waals surface area (Å²) in [4.78, 5) is 25.3. The quantitative estimate of drug-likeness (QED) is 0.181. The lowest BCUT2D eigenvalue weighted by molar-refractivity contribution is 0.830. The molecule has 0 saturated carbocycles. The molecule has 1 aliphatic carbocycles. The molecule has 0 unspecified atom stereocenters. The van der Waals surface area contributed by atoms with Crippen molar-refractivity contribution in [1.29, 1.82) is 0 Å². The van der Waals surface area contributed by atoms with Gasteiger partial charge in [-0.2, -0.15) is 0 Å². The van der Waals surface area contributed by atoms with E-state index in [0.717, 1.165) is 86.7 Å². The van der Waals surface area contributed by atoms with Crippen LogP contribution in [0.4, 0.5) is 0 Å². The van der Waals surface area contributed by atoms with Crippen molar-refractivity contribution in [3.05, 3.63) is 126 Å². The Bertz CT molecular complexity index is 2020. The summed E-state index contributed by atoms with van der Waals surface area (Å²) < 4.78 is 0. The summed E-state index contributed by atoms with van der Waals surface area (Å²) in [5, 5.41) is 2.29. The summed E-state index contributed by atoms with van der Waals surface area (Å²) in [5.41, 5.74) is 11.1. The highest BCUT2D eigenvalue weighted by atomic mass is 14.9. The molecule has 7 rings (SSSR count). The van der Waals surface area contributed by atoms with Crippen LogP contribution in [-0.4, -0.2) is 24.9 Å². The van der Waals surface area contributed by atoms with E-state index < -0.39 is 0 Å². The van der Waals surface area contributed by atoms with Crippen LogP contribution in [0.1, 0.15) is 81.6 Å². The average Bonchev–Trinajstić information content (AvgIpc) is 3.35. The Morgan fingerprint density at radius 1 is 0.644 bits per heavy atom. The molecular weight excluding hydrogens is 550 g/mol. The fourth-order valence-electron chi connectivity index (χ4n) is 6.08. The normalized spacial score (nSPS) is 13.7. The molecule has 0 fully saturated rings. The maximum Gasteiger partial charge on any atom is 0.156 e. The van der Waals surface area contributed by atoms with Crippen LogP contribution in [0.25, 0.3) is 55.6 Å². The monoisotopic (exact) mass is 587 g/mol. The molecule has 1 aliphatic rings. The Kier molecular flexibility index (Phi) is 7.76. The van der Waals surface area contributed by atoms with E-state index >= 15 is 0 Å². The van der Waals surface area contributed by atoms with Gasteiger partial charge in [0, 0.05) is 28.2 Å². The third-order valence-corrected chi connectivity index (χ3v) is 8.56. The maximum absolute atomic E-state index is 5.34. The van der Waals surface area contributed by atoms with Crippen LogP contribution < -0.4 is 0 Å². The number of allylic oxidation sites excluding steroid dienone is 4. The number of nitrogens with zero attached hydrogens (tertiary/aromatic N) is 5. The van der Waals surface area contributed by atoms with Crippen molar-refractivity contribution >= 4 is 33.0 Å². The lowest BCUT2D eigenvalue weighted by Crippen LogP contribution is -2.01. The van der Waals surface area contributed by atoms with Crippen LogP contribution in [0.2, 0.25) is 0 Å². The molecule has 0 radical (unpaired) electrons. The fourth-order valence-corrected chi connectivity index (χ4v) is 6.08. The van der Waals surface area contributed by atoms with Gasteiger partial charge in [-0.25, -0.2) is 15.0 Å². The number of pyridine rings is 3. The third kappa shape index (κ3) is 5.78. The Morgan fingerprint density at radius 2 is 1.44 bits per heavy atom. The second-order valence-corrected chi connectivity index (χ2v) is 12.4.